The van der Waals surface area contributed by atoms with E-state index >= 15 is 0 Å². The topological polar surface area (TPSA) is 75.3 Å². The molecule has 4 heterocycles. The van der Waals surface area contributed by atoms with Crippen molar-refractivity contribution in [3.63, 3.8) is 0 Å². The van der Waals surface area contributed by atoms with Gasteiger partial charge in [-0.05, 0) is 31.5 Å². The first-order chi connectivity index (χ1) is 15.5. The molecule has 0 unspecified atom stereocenters. The Morgan fingerprint density at radius 2 is 2.12 bits per heavy atom. The van der Waals surface area contributed by atoms with Crippen LogP contribution in [0, 0.1) is 0 Å². The molecule has 2 aliphatic rings. The molecular formula is C22H24F3N5O2. The number of fused-ring (bicyclic) bond motifs is 2. The van der Waals surface area contributed by atoms with Crippen molar-refractivity contribution >= 4 is 16.9 Å². The minimum Gasteiger partial charge on any atom is -0.491 e. The zero-order valence-electron chi connectivity index (χ0n) is 17.5. The van der Waals surface area contributed by atoms with Crippen LogP contribution in [0.3, 0.4) is 0 Å². The van der Waals surface area contributed by atoms with Gasteiger partial charge in [0.25, 0.3) is 0 Å². The van der Waals surface area contributed by atoms with Crippen LogP contribution in [0.5, 0.6) is 5.75 Å². The van der Waals surface area contributed by atoms with Gasteiger partial charge in [0, 0.05) is 18.7 Å². The Hall–Kier alpha value is -2.85. The summed E-state index contributed by atoms with van der Waals surface area (Å²) < 4.78 is 51.3. The van der Waals surface area contributed by atoms with E-state index in [2.05, 4.69) is 25.2 Å². The molecule has 1 saturated heterocycles. The Morgan fingerprint density at radius 3 is 2.94 bits per heavy atom. The summed E-state index contributed by atoms with van der Waals surface area (Å²) in [6.45, 7) is 1.99. The number of nitrogens with zero attached hydrogens (tertiary/aromatic N) is 3. The number of aromatic nitrogens is 3. The van der Waals surface area contributed by atoms with Crippen LogP contribution in [0.4, 0.5) is 19.0 Å². The number of likely N-dealkylation sites (tertiary alicyclic amines) is 1. The number of ether oxygens (including phenoxy) is 2. The van der Waals surface area contributed by atoms with Crippen molar-refractivity contribution in [3.8, 4) is 5.75 Å². The average Bonchev–Trinajstić information content (AvgIpc) is 3.42. The van der Waals surface area contributed by atoms with E-state index in [0.29, 0.717) is 24.4 Å². The number of para-hydroxylation sites is 1. The molecule has 1 aromatic carbocycles. The monoisotopic (exact) mass is 447 g/mol. The second-order valence-electron chi connectivity index (χ2n) is 8.19. The minimum atomic E-state index is -4.49. The highest BCUT2D eigenvalue weighted by molar-refractivity contribution is 5.88. The van der Waals surface area contributed by atoms with E-state index in [4.69, 9.17) is 9.47 Å². The van der Waals surface area contributed by atoms with Gasteiger partial charge in [0.1, 0.15) is 35.8 Å². The molecule has 32 heavy (non-hydrogen) atoms. The van der Waals surface area contributed by atoms with Crippen molar-refractivity contribution in [1.82, 2.24) is 19.9 Å². The SMILES string of the molecule is COC[C@@H]1CCCN1[C@H]1COc2ccccc2[C@@H]1Nc1ncnc2[nH]c(C(F)(F)F)cc12. The van der Waals surface area contributed by atoms with E-state index in [9.17, 15) is 13.2 Å². The van der Waals surface area contributed by atoms with Crippen LogP contribution < -0.4 is 10.1 Å². The molecule has 2 N–H and O–H groups in total. The number of H-pyrrole nitrogens is 1. The molecule has 3 aromatic rings. The Morgan fingerprint density at radius 1 is 1.28 bits per heavy atom. The summed E-state index contributed by atoms with van der Waals surface area (Å²) in [4.78, 5) is 13.0. The maximum atomic E-state index is 13.3. The van der Waals surface area contributed by atoms with Gasteiger partial charge >= 0.3 is 6.18 Å². The number of nitrogens with one attached hydrogen (secondary N) is 2. The third-order valence-corrected chi connectivity index (χ3v) is 6.28. The van der Waals surface area contributed by atoms with Crippen molar-refractivity contribution in [2.45, 2.75) is 37.1 Å². The Kier molecular flexibility index (Phi) is 5.42. The largest absolute Gasteiger partial charge is 0.491 e. The smallest absolute Gasteiger partial charge is 0.431 e. The number of alkyl halides is 3. The maximum absolute atomic E-state index is 13.3. The number of hydrogen-bond acceptors (Lipinski definition) is 6. The zero-order chi connectivity index (χ0) is 22.3. The third-order valence-electron chi connectivity index (χ3n) is 6.28. The van der Waals surface area contributed by atoms with Gasteiger partial charge in [-0.15, -0.1) is 0 Å². The lowest BCUT2D eigenvalue weighted by atomic mass is 9.94. The Labute approximate surface area is 182 Å². The summed E-state index contributed by atoms with van der Waals surface area (Å²) in [5, 5.41) is 3.74. The predicted molar refractivity (Wildman–Crippen MR) is 113 cm³/mol. The zero-order valence-corrected chi connectivity index (χ0v) is 17.5. The fraction of sp³-hybridized carbons (Fsp3) is 0.455. The molecule has 3 atom stereocenters. The van der Waals surface area contributed by atoms with Gasteiger partial charge in [0.05, 0.1) is 24.1 Å². The van der Waals surface area contributed by atoms with E-state index in [1.807, 2.05) is 24.3 Å². The molecule has 2 aromatic heterocycles. The van der Waals surface area contributed by atoms with Gasteiger partial charge in [-0.3, -0.25) is 4.90 Å². The number of benzene rings is 1. The lowest BCUT2D eigenvalue weighted by Gasteiger charge is -2.41. The van der Waals surface area contributed by atoms with Crippen LogP contribution in [-0.2, 0) is 10.9 Å². The number of aromatic amines is 1. The van der Waals surface area contributed by atoms with Gasteiger partial charge < -0.3 is 19.8 Å². The third kappa shape index (κ3) is 3.77. The summed E-state index contributed by atoms with van der Waals surface area (Å²) in [6.07, 6.45) is -1.13. The molecule has 5 rings (SSSR count). The summed E-state index contributed by atoms with van der Waals surface area (Å²) >= 11 is 0. The molecule has 170 valence electrons. The van der Waals surface area contributed by atoms with E-state index in [-0.39, 0.29) is 23.8 Å². The van der Waals surface area contributed by atoms with Crippen molar-refractivity contribution in [1.29, 1.82) is 0 Å². The number of methoxy groups -OCH3 is 1. The highest BCUT2D eigenvalue weighted by Crippen LogP contribution is 2.40. The second-order valence-corrected chi connectivity index (χ2v) is 8.19. The van der Waals surface area contributed by atoms with E-state index < -0.39 is 11.9 Å². The first kappa shape index (κ1) is 21.0. The van der Waals surface area contributed by atoms with Gasteiger partial charge in [-0.2, -0.15) is 13.2 Å². The maximum Gasteiger partial charge on any atom is 0.431 e. The number of halogens is 3. The summed E-state index contributed by atoms with van der Waals surface area (Å²) in [5.41, 5.74) is 0.245. The summed E-state index contributed by atoms with van der Waals surface area (Å²) in [7, 11) is 1.70. The Bertz CT molecular complexity index is 1100. The first-order valence-corrected chi connectivity index (χ1v) is 10.6. The first-order valence-electron chi connectivity index (χ1n) is 10.6. The molecule has 0 amide bonds. The summed E-state index contributed by atoms with van der Waals surface area (Å²) in [5.74, 6) is 1.12. The fourth-order valence-corrected chi connectivity index (χ4v) is 4.83. The van der Waals surface area contributed by atoms with Gasteiger partial charge in [-0.25, -0.2) is 9.97 Å². The van der Waals surface area contributed by atoms with Crippen LogP contribution in [0.25, 0.3) is 11.0 Å². The van der Waals surface area contributed by atoms with Crippen LogP contribution in [0.15, 0.2) is 36.7 Å². The highest BCUT2D eigenvalue weighted by atomic mass is 19.4. The van der Waals surface area contributed by atoms with Crippen molar-refractivity contribution in [3.05, 3.63) is 47.9 Å². The molecule has 0 spiro atoms. The van der Waals surface area contributed by atoms with E-state index in [1.165, 1.54) is 6.33 Å². The fourth-order valence-electron chi connectivity index (χ4n) is 4.83. The molecule has 0 radical (unpaired) electrons. The molecular weight excluding hydrogens is 423 g/mol. The molecule has 0 saturated carbocycles. The van der Waals surface area contributed by atoms with Crippen LogP contribution in [0.1, 0.15) is 30.1 Å². The number of rotatable bonds is 5. The van der Waals surface area contributed by atoms with Gasteiger partial charge in [0.2, 0.25) is 0 Å². The van der Waals surface area contributed by atoms with Crippen molar-refractivity contribution in [2.24, 2.45) is 0 Å². The van der Waals surface area contributed by atoms with Crippen LogP contribution >= 0.6 is 0 Å². The normalized spacial score (nSPS) is 23.8. The molecule has 7 nitrogen and oxygen atoms in total. The van der Waals surface area contributed by atoms with Gasteiger partial charge in [0.15, 0.2) is 0 Å². The number of anilines is 1. The summed E-state index contributed by atoms with van der Waals surface area (Å²) in [6, 6.07) is 8.80. The van der Waals surface area contributed by atoms with Crippen molar-refractivity contribution < 1.29 is 22.6 Å². The van der Waals surface area contributed by atoms with E-state index in [1.54, 1.807) is 7.11 Å². The molecule has 0 bridgehead atoms. The lowest BCUT2D eigenvalue weighted by molar-refractivity contribution is -0.140. The quantitative estimate of drug-likeness (QED) is 0.616. The number of hydrogen-bond donors (Lipinski definition) is 2. The second kappa shape index (κ2) is 8.25. The molecule has 0 aliphatic carbocycles. The standard InChI is InChI=1S/C22H24F3N5O2/c1-31-10-13-5-4-8-30(13)16-11-32-17-7-3-2-6-14(17)19(16)29-21-15-9-18(22(23,24)25)28-20(15)26-12-27-21/h2-3,6-7,9,12-13,16,19H,4-5,8,10-11H2,1H3,(H2,26,27,28,29)/t13-,16-,19-/m0/s1. The molecule has 2 aliphatic heterocycles. The van der Waals surface area contributed by atoms with E-state index in [0.717, 1.165) is 36.8 Å². The predicted octanol–water partition coefficient (Wildman–Crippen LogP) is 4.00. The van der Waals surface area contributed by atoms with Crippen molar-refractivity contribution in [2.75, 3.05) is 32.2 Å². The molecule has 1 fully saturated rings. The Balaban J connectivity index is 1.54. The average molecular weight is 447 g/mol. The minimum absolute atomic E-state index is 0.0291. The van der Waals surface area contributed by atoms with Gasteiger partial charge in [-0.1, -0.05) is 18.2 Å². The van der Waals surface area contributed by atoms with Crippen LogP contribution in [-0.4, -0.2) is 58.8 Å². The van der Waals surface area contributed by atoms with Crippen LogP contribution in [0.2, 0.25) is 0 Å². The molecule has 10 heteroatoms. The highest BCUT2D eigenvalue weighted by Gasteiger charge is 2.40. The lowest BCUT2D eigenvalue weighted by Crippen LogP contribution is -2.51.